The van der Waals surface area contributed by atoms with Crippen LogP contribution in [0.25, 0.3) is 0 Å². The number of carboxylic acid groups (broad SMARTS) is 2. The number of carbonyl (C=O) groups excluding carboxylic acids is 2. The maximum Gasteiger partial charge on any atom is 0.352 e. The largest absolute Gasteiger partial charge is 0.478 e. The van der Waals surface area contributed by atoms with E-state index in [9.17, 15) is 24.3 Å². The SMILES string of the molecule is CCCN1C(SCC2=C(C(=O)O)N3C(=O)C(NC(=O)/C(=N\O[C@H](C)C(=O)O)c4csc(N)n4)[C@@H]3SC2)=NC(N)=CC1N. The van der Waals surface area contributed by atoms with Crippen molar-refractivity contribution in [2.75, 3.05) is 23.8 Å². The molecule has 0 bridgehead atoms. The van der Waals surface area contributed by atoms with Gasteiger partial charge in [-0.3, -0.25) is 14.5 Å². The standard InChI is InChI=1S/C23H29N9O7S3/c1-3-4-31-13(25)5-12(24)28-23(31)42-7-10-6-40-19-15(18(34)32(19)16(10)21(37)38)29-17(33)14(11-8-41-22(26)27-11)30-39-9(2)20(35)36/h5,8-9,13,15,19H,3-4,6-7,24-25H2,1-2H3,(H2,26,27)(H,29,33)(H,35,36)(H,37,38)/b30-14-/t9-,13?,15?,19+/m1/s1. The molecule has 1 aromatic heterocycles. The van der Waals surface area contributed by atoms with Crippen LogP contribution in [-0.2, 0) is 24.0 Å². The molecule has 0 aromatic carbocycles. The molecule has 0 aliphatic carbocycles. The first-order chi connectivity index (χ1) is 19.9. The van der Waals surface area contributed by atoms with E-state index in [4.69, 9.17) is 27.1 Å². The van der Waals surface area contributed by atoms with Gasteiger partial charge in [0.15, 0.2) is 16.0 Å². The van der Waals surface area contributed by atoms with Gasteiger partial charge >= 0.3 is 11.9 Å². The number of oxime groups is 1. The van der Waals surface area contributed by atoms with E-state index < -0.39 is 47.4 Å². The summed E-state index contributed by atoms with van der Waals surface area (Å²) >= 11 is 3.59. The van der Waals surface area contributed by atoms with Crippen LogP contribution in [0.15, 0.2) is 38.7 Å². The highest BCUT2D eigenvalue weighted by molar-refractivity contribution is 8.14. The van der Waals surface area contributed by atoms with E-state index in [0.717, 1.165) is 22.7 Å². The van der Waals surface area contributed by atoms with Crippen molar-refractivity contribution in [3.8, 4) is 0 Å². The average molecular weight is 640 g/mol. The van der Waals surface area contributed by atoms with Crippen LogP contribution in [0.2, 0.25) is 0 Å². The monoisotopic (exact) mass is 639 g/mol. The highest BCUT2D eigenvalue weighted by Gasteiger charge is 2.54. The quantitative estimate of drug-likeness (QED) is 0.102. The van der Waals surface area contributed by atoms with Crippen LogP contribution in [0.1, 0.15) is 26.0 Å². The number of hydrogen-bond donors (Lipinski definition) is 6. The van der Waals surface area contributed by atoms with Crippen molar-refractivity contribution in [2.24, 2.45) is 21.6 Å². The van der Waals surface area contributed by atoms with Gasteiger partial charge in [0.2, 0.25) is 6.10 Å². The van der Waals surface area contributed by atoms with Crippen molar-refractivity contribution in [1.82, 2.24) is 20.1 Å². The van der Waals surface area contributed by atoms with E-state index in [2.05, 4.69) is 20.4 Å². The van der Waals surface area contributed by atoms with Crippen LogP contribution < -0.4 is 22.5 Å². The second-order valence-electron chi connectivity index (χ2n) is 9.17. The van der Waals surface area contributed by atoms with Crippen LogP contribution in [-0.4, -0.2) is 101 Å². The summed E-state index contributed by atoms with van der Waals surface area (Å²) in [6, 6.07) is -1.07. The molecule has 16 nitrogen and oxygen atoms in total. The van der Waals surface area contributed by atoms with Crippen LogP contribution in [0.5, 0.6) is 0 Å². The number of fused-ring (bicyclic) bond motifs is 1. The van der Waals surface area contributed by atoms with Crippen molar-refractivity contribution in [3.05, 3.63) is 34.2 Å². The van der Waals surface area contributed by atoms with Crippen LogP contribution in [0.4, 0.5) is 5.13 Å². The summed E-state index contributed by atoms with van der Waals surface area (Å²) in [5.41, 5.74) is 17.7. The maximum absolute atomic E-state index is 13.2. The number of nitrogens with two attached hydrogens (primary N) is 3. The van der Waals surface area contributed by atoms with Crippen molar-refractivity contribution >= 4 is 74.6 Å². The lowest BCUT2D eigenvalue weighted by molar-refractivity contribution is -0.150. The zero-order chi connectivity index (χ0) is 30.7. The number of rotatable bonds is 11. The second-order valence-corrected chi connectivity index (χ2v) is 12.1. The third kappa shape index (κ3) is 6.48. The predicted octanol–water partition coefficient (Wildman–Crippen LogP) is -0.443. The van der Waals surface area contributed by atoms with Gasteiger partial charge in [0, 0.05) is 23.4 Å². The van der Waals surface area contributed by atoms with E-state index in [1.165, 1.54) is 35.8 Å². The molecular weight excluding hydrogens is 611 g/mol. The summed E-state index contributed by atoms with van der Waals surface area (Å²) in [4.78, 5) is 66.1. The number of carbonyl (C=O) groups is 4. The molecule has 0 saturated carbocycles. The molecule has 1 aromatic rings. The zero-order valence-electron chi connectivity index (χ0n) is 22.4. The Hall–Kier alpha value is -3.81. The summed E-state index contributed by atoms with van der Waals surface area (Å²) in [5.74, 6) is -3.32. The molecule has 0 spiro atoms. The number of aromatic nitrogens is 1. The number of β-lactam (4-membered cyclic amide) rings is 1. The maximum atomic E-state index is 13.2. The zero-order valence-corrected chi connectivity index (χ0v) is 24.9. The summed E-state index contributed by atoms with van der Waals surface area (Å²) in [6.45, 7) is 3.85. The smallest absolute Gasteiger partial charge is 0.352 e. The normalized spacial score (nSPS) is 23.0. The Labute approximate surface area is 252 Å². The number of thiazole rings is 1. The minimum atomic E-state index is -1.37. The number of carboxylic acids is 2. The summed E-state index contributed by atoms with van der Waals surface area (Å²) in [7, 11) is 0. The molecule has 1 saturated heterocycles. The predicted molar refractivity (Wildman–Crippen MR) is 158 cm³/mol. The van der Waals surface area contributed by atoms with Gasteiger partial charge < -0.3 is 42.5 Å². The molecule has 42 heavy (non-hydrogen) atoms. The number of nitrogens with one attached hydrogen (secondary N) is 1. The second kappa shape index (κ2) is 13.0. The molecule has 2 amide bonds. The average Bonchev–Trinajstić information content (AvgIpc) is 3.36. The fourth-order valence-corrected chi connectivity index (χ4v) is 7.25. The van der Waals surface area contributed by atoms with E-state index in [1.54, 1.807) is 6.08 Å². The number of amidine groups is 1. The van der Waals surface area contributed by atoms with Crippen LogP contribution in [0.3, 0.4) is 0 Å². The Bertz CT molecular complexity index is 1410. The van der Waals surface area contributed by atoms with Gasteiger partial charge in [0.1, 0.15) is 34.8 Å². The number of hydrogen-bond acceptors (Lipinski definition) is 15. The number of nitrogen functional groups attached to an aromatic ring is 1. The molecular formula is C23H29N9O7S3. The number of aliphatic carboxylic acids is 2. The Morgan fingerprint density at radius 3 is 2.69 bits per heavy atom. The van der Waals surface area contributed by atoms with E-state index in [0.29, 0.717) is 17.3 Å². The lowest BCUT2D eigenvalue weighted by Crippen LogP contribution is -2.71. The Morgan fingerprint density at radius 1 is 1.33 bits per heavy atom. The molecule has 3 aliphatic rings. The molecule has 1 fully saturated rings. The first kappa shape index (κ1) is 31.1. The fraction of sp³-hybridized carbons (Fsp3) is 0.435. The van der Waals surface area contributed by atoms with E-state index in [-0.39, 0.29) is 39.6 Å². The van der Waals surface area contributed by atoms with Crippen molar-refractivity contribution < 1.29 is 34.2 Å². The molecule has 0 radical (unpaired) electrons. The molecule has 226 valence electrons. The molecule has 4 heterocycles. The number of nitrogens with zero attached hydrogens (tertiary/aromatic N) is 5. The lowest BCUT2D eigenvalue weighted by atomic mass is 10.0. The Kier molecular flexibility index (Phi) is 9.64. The molecule has 2 unspecified atom stereocenters. The molecule has 4 atom stereocenters. The van der Waals surface area contributed by atoms with Crippen molar-refractivity contribution in [1.29, 1.82) is 0 Å². The minimum Gasteiger partial charge on any atom is -0.478 e. The summed E-state index contributed by atoms with van der Waals surface area (Å²) in [5, 5.41) is 26.7. The first-order valence-corrected chi connectivity index (χ1v) is 15.4. The summed E-state index contributed by atoms with van der Waals surface area (Å²) < 4.78 is 0. The molecule has 9 N–H and O–H groups in total. The Balaban J connectivity index is 1.50. The number of amides is 2. The number of anilines is 1. The fourth-order valence-electron chi connectivity index (χ4n) is 4.14. The van der Waals surface area contributed by atoms with Crippen molar-refractivity contribution in [2.45, 2.75) is 44.0 Å². The number of thioether (sulfide) groups is 2. The molecule has 19 heteroatoms. The van der Waals surface area contributed by atoms with E-state index in [1.807, 2.05) is 11.8 Å². The first-order valence-electron chi connectivity index (χ1n) is 12.5. The third-order valence-electron chi connectivity index (χ3n) is 6.18. The topological polar surface area (TPSA) is 252 Å². The van der Waals surface area contributed by atoms with Crippen LogP contribution >= 0.6 is 34.9 Å². The molecule has 3 aliphatic heterocycles. The van der Waals surface area contributed by atoms with Gasteiger partial charge in [-0.1, -0.05) is 23.8 Å². The van der Waals surface area contributed by atoms with Gasteiger partial charge in [-0.05, 0) is 25.0 Å². The van der Waals surface area contributed by atoms with Gasteiger partial charge in [0.25, 0.3) is 11.8 Å². The third-order valence-corrected chi connectivity index (χ3v) is 9.27. The van der Waals surface area contributed by atoms with Gasteiger partial charge in [-0.15, -0.1) is 23.1 Å². The van der Waals surface area contributed by atoms with Crippen LogP contribution in [0, 0.1) is 0 Å². The van der Waals surface area contributed by atoms with E-state index >= 15 is 0 Å². The summed E-state index contributed by atoms with van der Waals surface area (Å²) in [6.07, 6.45) is 0.615. The highest BCUT2D eigenvalue weighted by atomic mass is 32.2. The van der Waals surface area contributed by atoms with Gasteiger partial charge in [-0.25, -0.2) is 19.6 Å². The number of aliphatic imine (C=N–C) groups is 1. The molecule has 4 rings (SSSR count). The van der Waals surface area contributed by atoms with Gasteiger partial charge in [0.05, 0.1) is 0 Å². The van der Waals surface area contributed by atoms with Crippen molar-refractivity contribution in [3.63, 3.8) is 0 Å². The minimum absolute atomic E-state index is 0.0240. The highest BCUT2D eigenvalue weighted by Crippen LogP contribution is 2.41. The lowest BCUT2D eigenvalue weighted by Gasteiger charge is -2.49. The Morgan fingerprint density at radius 2 is 2.07 bits per heavy atom. The van der Waals surface area contributed by atoms with Gasteiger partial charge in [-0.2, -0.15) is 0 Å².